The molecule has 1 heterocycles. The SMILES string of the molecule is CC(Oc1cccc(Cl)c1)C(=O)NN=Cc1ccc2c(c1)OCO2. The topological polar surface area (TPSA) is 69.2 Å². The molecule has 3 rings (SSSR count). The van der Waals surface area contributed by atoms with Crippen LogP contribution in [-0.4, -0.2) is 25.0 Å². The van der Waals surface area contributed by atoms with Gasteiger partial charge in [-0.15, -0.1) is 0 Å². The molecule has 0 spiro atoms. The predicted octanol–water partition coefficient (Wildman–Crippen LogP) is 2.99. The molecule has 6 nitrogen and oxygen atoms in total. The van der Waals surface area contributed by atoms with Crippen LogP contribution in [0, 0.1) is 0 Å². The van der Waals surface area contributed by atoms with Gasteiger partial charge in [0.25, 0.3) is 5.91 Å². The Hall–Kier alpha value is -2.73. The average molecular weight is 347 g/mol. The van der Waals surface area contributed by atoms with Crippen LogP contribution in [0.5, 0.6) is 17.2 Å². The first-order valence-corrected chi connectivity index (χ1v) is 7.64. The van der Waals surface area contributed by atoms with Gasteiger partial charge in [0.2, 0.25) is 6.79 Å². The first-order chi connectivity index (χ1) is 11.6. The van der Waals surface area contributed by atoms with E-state index in [9.17, 15) is 4.79 Å². The minimum absolute atomic E-state index is 0.213. The van der Waals surface area contributed by atoms with E-state index in [0.29, 0.717) is 22.3 Å². The molecular weight excluding hydrogens is 332 g/mol. The Morgan fingerprint density at radius 2 is 2.12 bits per heavy atom. The van der Waals surface area contributed by atoms with Gasteiger partial charge in [-0.2, -0.15) is 5.10 Å². The quantitative estimate of drug-likeness (QED) is 0.667. The standard InChI is InChI=1S/C17H15ClN2O4/c1-11(24-14-4-2-3-13(18)8-14)17(21)20-19-9-12-5-6-15-16(7-12)23-10-22-15/h2-9,11H,10H2,1H3,(H,20,21). The van der Waals surface area contributed by atoms with Crippen molar-refractivity contribution in [3.8, 4) is 17.2 Å². The molecule has 0 fully saturated rings. The Kier molecular flexibility index (Phi) is 4.86. The maximum Gasteiger partial charge on any atom is 0.280 e. The van der Waals surface area contributed by atoms with Crippen LogP contribution < -0.4 is 19.6 Å². The van der Waals surface area contributed by atoms with Crippen molar-refractivity contribution in [2.45, 2.75) is 13.0 Å². The van der Waals surface area contributed by atoms with Crippen molar-refractivity contribution < 1.29 is 19.0 Å². The highest BCUT2D eigenvalue weighted by atomic mass is 35.5. The molecular formula is C17H15ClN2O4. The molecule has 1 unspecified atom stereocenters. The number of carbonyl (C=O) groups is 1. The lowest BCUT2D eigenvalue weighted by atomic mass is 10.2. The number of nitrogens with one attached hydrogen (secondary N) is 1. The van der Waals surface area contributed by atoms with E-state index in [1.165, 1.54) is 6.21 Å². The lowest BCUT2D eigenvalue weighted by molar-refractivity contribution is -0.127. The summed E-state index contributed by atoms with van der Waals surface area (Å²) in [7, 11) is 0. The largest absolute Gasteiger partial charge is 0.481 e. The van der Waals surface area contributed by atoms with E-state index in [0.717, 1.165) is 5.56 Å². The number of nitrogens with zero attached hydrogens (tertiary/aromatic N) is 1. The fourth-order valence-electron chi connectivity index (χ4n) is 2.05. The lowest BCUT2D eigenvalue weighted by Crippen LogP contribution is -2.33. The van der Waals surface area contributed by atoms with Gasteiger partial charge in [0.05, 0.1) is 6.21 Å². The third-order valence-electron chi connectivity index (χ3n) is 3.26. The zero-order chi connectivity index (χ0) is 16.9. The van der Waals surface area contributed by atoms with Crippen LogP contribution in [0.25, 0.3) is 0 Å². The molecule has 1 aliphatic rings. The molecule has 7 heteroatoms. The summed E-state index contributed by atoms with van der Waals surface area (Å²) < 4.78 is 16.0. The number of hydrazone groups is 1. The number of amides is 1. The van der Waals surface area contributed by atoms with Crippen molar-refractivity contribution in [1.82, 2.24) is 5.43 Å². The molecule has 1 amide bonds. The van der Waals surface area contributed by atoms with Crippen molar-refractivity contribution in [2.24, 2.45) is 5.10 Å². The van der Waals surface area contributed by atoms with Crippen molar-refractivity contribution in [3.05, 3.63) is 53.1 Å². The third-order valence-corrected chi connectivity index (χ3v) is 3.50. The normalized spacial score (nSPS) is 13.8. The zero-order valence-electron chi connectivity index (χ0n) is 12.9. The van der Waals surface area contributed by atoms with E-state index in [4.69, 9.17) is 25.8 Å². The summed E-state index contributed by atoms with van der Waals surface area (Å²) in [6.07, 6.45) is 0.809. The van der Waals surface area contributed by atoms with E-state index < -0.39 is 6.10 Å². The molecule has 24 heavy (non-hydrogen) atoms. The van der Waals surface area contributed by atoms with Gasteiger partial charge in [-0.3, -0.25) is 4.79 Å². The van der Waals surface area contributed by atoms with Crippen LogP contribution >= 0.6 is 11.6 Å². The Balaban J connectivity index is 1.54. The monoisotopic (exact) mass is 346 g/mol. The van der Waals surface area contributed by atoms with Crippen molar-refractivity contribution in [2.75, 3.05) is 6.79 Å². The van der Waals surface area contributed by atoms with Crippen LogP contribution in [0.1, 0.15) is 12.5 Å². The van der Waals surface area contributed by atoms with E-state index in [1.54, 1.807) is 43.3 Å². The van der Waals surface area contributed by atoms with E-state index >= 15 is 0 Å². The Bertz CT molecular complexity index is 779. The number of ether oxygens (including phenoxy) is 3. The minimum atomic E-state index is -0.711. The van der Waals surface area contributed by atoms with Crippen LogP contribution in [-0.2, 0) is 4.79 Å². The molecule has 0 aliphatic carbocycles. The van der Waals surface area contributed by atoms with Crippen LogP contribution in [0.3, 0.4) is 0 Å². The van der Waals surface area contributed by atoms with Gasteiger partial charge in [-0.25, -0.2) is 5.43 Å². The third kappa shape index (κ3) is 3.97. The van der Waals surface area contributed by atoms with Gasteiger partial charge in [0.15, 0.2) is 17.6 Å². The summed E-state index contributed by atoms with van der Waals surface area (Å²) in [5, 5.41) is 4.46. The number of fused-ring (bicyclic) bond motifs is 1. The van der Waals surface area contributed by atoms with Crippen molar-refractivity contribution in [1.29, 1.82) is 0 Å². The summed E-state index contributed by atoms with van der Waals surface area (Å²) in [6, 6.07) is 12.2. The number of rotatable bonds is 5. The fourth-order valence-corrected chi connectivity index (χ4v) is 2.23. The smallest absolute Gasteiger partial charge is 0.280 e. The molecule has 2 aromatic rings. The van der Waals surface area contributed by atoms with Crippen LogP contribution in [0.15, 0.2) is 47.6 Å². The van der Waals surface area contributed by atoms with Gasteiger partial charge in [0, 0.05) is 5.02 Å². The van der Waals surface area contributed by atoms with Gasteiger partial charge < -0.3 is 14.2 Å². The second-order valence-corrected chi connectivity index (χ2v) is 5.50. The van der Waals surface area contributed by atoms with E-state index in [1.807, 2.05) is 6.07 Å². The van der Waals surface area contributed by atoms with Gasteiger partial charge >= 0.3 is 0 Å². The highest BCUT2D eigenvalue weighted by Gasteiger charge is 2.14. The summed E-state index contributed by atoms with van der Waals surface area (Å²) in [6.45, 7) is 1.84. The van der Waals surface area contributed by atoms with E-state index in [-0.39, 0.29) is 12.7 Å². The highest BCUT2D eigenvalue weighted by molar-refractivity contribution is 6.30. The minimum Gasteiger partial charge on any atom is -0.481 e. The van der Waals surface area contributed by atoms with E-state index in [2.05, 4.69) is 10.5 Å². The van der Waals surface area contributed by atoms with Gasteiger partial charge in [-0.05, 0) is 48.9 Å². The number of halogens is 1. The van der Waals surface area contributed by atoms with Crippen LogP contribution in [0.4, 0.5) is 0 Å². The maximum atomic E-state index is 12.0. The number of carbonyl (C=O) groups excluding carboxylic acids is 1. The summed E-state index contributed by atoms with van der Waals surface area (Å²) in [4.78, 5) is 12.0. The molecule has 1 aliphatic heterocycles. The first-order valence-electron chi connectivity index (χ1n) is 7.26. The highest BCUT2D eigenvalue weighted by Crippen LogP contribution is 2.31. The van der Waals surface area contributed by atoms with Gasteiger partial charge in [0.1, 0.15) is 5.75 Å². The first kappa shape index (κ1) is 16.1. The number of benzene rings is 2. The molecule has 1 atom stereocenters. The molecule has 0 bridgehead atoms. The molecule has 0 saturated carbocycles. The Labute approximate surface area is 144 Å². The molecule has 2 aromatic carbocycles. The Morgan fingerprint density at radius 3 is 2.96 bits per heavy atom. The summed E-state index contributed by atoms with van der Waals surface area (Å²) in [5.74, 6) is 1.50. The maximum absolute atomic E-state index is 12.0. The van der Waals surface area contributed by atoms with Crippen molar-refractivity contribution >= 4 is 23.7 Å². The van der Waals surface area contributed by atoms with Crippen molar-refractivity contribution in [3.63, 3.8) is 0 Å². The summed E-state index contributed by atoms with van der Waals surface area (Å²) in [5.41, 5.74) is 3.21. The number of hydrogen-bond acceptors (Lipinski definition) is 5. The van der Waals surface area contributed by atoms with Crippen LogP contribution in [0.2, 0.25) is 5.02 Å². The number of hydrogen-bond donors (Lipinski definition) is 1. The second kappa shape index (κ2) is 7.23. The lowest BCUT2D eigenvalue weighted by Gasteiger charge is -2.12. The Morgan fingerprint density at radius 1 is 1.29 bits per heavy atom. The average Bonchev–Trinajstić information content (AvgIpc) is 3.02. The second-order valence-electron chi connectivity index (χ2n) is 5.06. The molecule has 1 N–H and O–H groups in total. The molecule has 0 radical (unpaired) electrons. The molecule has 124 valence electrons. The molecule has 0 saturated heterocycles. The summed E-state index contributed by atoms with van der Waals surface area (Å²) >= 11 is 5.88. The van der Waals surface area contributed by atoms with Gasteiger partial charge in [-0.1, -0.05) is 17.7 Å². The molecule has 0 aromatic heterocycles. The predicted molar refractivity (Wildman–Crippen MR) is 89.8 cm³/mol. The zero-order valence-corrected chi connectivity index (χ0v) is 13.6. The fraction of sp³-hybridized carbons (Fsp3) is 0.176.